The predicted molar refractivity (Wildman–Crippen MR) is 80.6 cm³/mol. The van der Waals surface area contributed by atoms with Crippen molar-refractivity contribution < 1.29 is 14.3 Å². The number of benzene rings is 1. The highest BCUT2D eigenvalue weighted by Gasteiger charge is 2.11. The van der Waals surface area contributed by atoms with Gasteiger partial charge in [-0.2, -0.15) is 0 Å². The molecule has 19 heavy (non-hydrogen) atoms. The van der Waals surface area contributed by atoms with Gasteiger partial charge in [0, 0.05) is 12.1 Å². The third-order valence-electron chi connectivity index (χ3n) is 2.21. The van der Waals surface area contributed by atoms with E-state index >= 15 is 0 Å². The number of carbonyl (C=O) groups is 2. The van der Waals surface area contributed by atoms with Crippen molar-refractivity contribution in [2.45, 2.75) is 13.8 Å². The highest BCUT2D eigenvalue weighted by molar-refractivity contribution is 9.11. The molecule has 0 aliphatic heterocycles. The van der Waals surface area contributed by atoms with Gasteiger partial charge in [0.2, 0.25) is 0 Å². The Morgan fingerprint density at radius 2 is 1.95 bits per heavy atom. The summed E-state index contributed by atoms with van der Waals surface area (Å²) in [6.07, 6.45) is 0.745. The van der Waals surface area contributed by atoms with Gasteiger partial charge in [-0.25, -0.2) is 0 Å². The first-order valence-electron chi connectivity index (χ1n) is 5.77. The van der Waals surface area contributed by atoms with Crippen LogP contribution in [0.1, 0.15) is 24.2 Å². The third-order valence-corrected chi connectivity index (χ3v) is 3.39. The summed E-state index contributed by atoms with van der Waals surface area (Å²) in [5, 5.41) is 2.76. The van der Waals surface area contributed by atoms with E-state index in [0.29, 0.717) is 32.7 Å². The number of rotatable bonds is 6. The molecular weight excluding hydrogens is 378 g/mol. The monoisotopic (exact) mass is 391 g/mol. The van der Waals surface area contributed by atoms with Crippen LogP contribution in [0, 0.1) is 5.92 Å². The van der Waals surface area contributed by atoms with Gasteiger partial charge < -0.3 is 10.1 Å². The zero-order chi connectivity index (χ0) is 14.4. The van der Waals surface area contributed by atoms with E-state index in [4.69, 9.17) is 4.74 Å². The second-order valence-electron chi connectivity index (χ2n) is 4.42. The van der Waals surface area contributed by atoms with Gasteiger partial charge in [-0.15, -0.1) is 0 Å². The molecule has 1 rings (SSSR count). The van der Waals surface area contributed by atoms with Crippen LogP contribution in [-0.4, -0.2) is 25.3 Å². The van der Waals surface area contributed by atoms with Gasteiger partial charge in [0.1, 0.15) is 12.0 Å². The Kier molecular flexibility index (Phi) is 6.51. The molecule has 1 aromatic carbocycles. The molecule has 1 aromatic rings. The quantitative estimate of drug-likeness (QED) is 0.756. The van der Waals surface area contributed by atoms with Crippen LogP contribution in [0.15, 0.2) is 21.1 Å². The first-order chi connectivity index (χ1) is 8.93. The van der Waals surface area contributed by atoms with Crippen LogP contribution in [-0.2, 0) is 4.79 Å². The van der Waals surface area contributed by atoms with E-state index in [-0.39, 0.29) is 12.5 Å². The van der Waals surface area contributed by atoms with E-state index in [0.717, 1.165) is 6.29 Å². The normalized spacial score (nSPS) is 10.4. The number of amides is 1. The van der Waals surface area contributed by atoms with Crippen LogP contribution < -0.4 is 10.1 Å². The second-order valence-corrected chi connectivity index (χ2v) is 6.13. The Bertz CT molecular complexity index is 452. The summed E-state index contributed by atoms with van der Waals surface area (Å²) in [5.74, 6) is 0.728. The number of nitrogens with one attached hydrogen (secondary N) is 1. The van der Waals surface area contributed by atoms with Crippen LogP contribution >= 0.6 is 31.9 Å². The maximum absolute atomic E-state index is 11.5. The van der Waals surface area contributed by atoms with Crippen LogP contribution in [0.3, 0.4) is 0 Å². The third kappa shape index (κ3) is 5.32. The summed E-state index contributed by atoms with van der Waals surface area (Å²) in [7, 11) is 0. The zero-order valence-corrected chi connectivity index (χ0v) is 13.9. The minimum absolute atomic E-state index is 0.0651. The van der Waals surface area contributed by atoms with Crippen LogP contribution in [0.4, 0.5) is 0 Å². The fraction of sp³-hybridized carbons (Fsp3) is 0.385. The molecule has 6 heteroatoms. The minimum atomic E-state index is -0.174. The molecule has 0 saturated carbocycles. The number of ether oxygens (including phenoxy) is 1. The summed E-state index contributed by atoms with van der Waals surface area (Å²) in [6.45, 7) is 4.60. The summed E-state index contributed by atoms with van der Waals surface area (Å²) >= 11 is 6.61. The smallest absolute Gasteiger partial charge is 0.257 e. The molecule has 0 aromatic heterocycles. The lowest BCUT2D eigenvalue weighted by atomic mass is 10.2. The minimum Gasteiger partial charge on any atom is -0.481 e. The molecule has 0 bridgehead atoms. The molecule has 104 valence electrons. The standard InChI is InChI=1S/C13H15Br2NO3/c1-8(2)5-16-12(18)7-19-13-10(14)3-9(6-17)4-11(13)15/h3-4,6,8H,5,7H2,1-2H3,(H,16,18). The van der Waals surface area contributed by atoms with Crippen molar-refractivity contribution in [2.75, 3.05) is 13.2 Å². The van der Waals surface area contributed by atoms with Crippen molar-refractivity contribution in [3.8, 4) is 5.75 Å². The maximum atomic E-state index is 11.5. The van der Waals surface area contributed by atoms with Gasteiger partial charge in [0.05, 0.1) is 8.95 Å². The average molecular weight is 393 g/mol. The van der Waals surface area contributed by atoms with Gasteiger partial charge in [0.15, 0.2) is 6.61 Å². The number of hydrogen-bond acceptors (Lipinski definition) is 3. The Labute approximate surface area is 129 Å². The SMILES string of the molecule is CC(C)CNC(=O)COc1c(Br)cc(C=O)cc1Br. The molecule has 0 spiro atoms. The lowest BCUT2D eigenvalue weighted by Gasteiger charge is -2.12. The van der Waals surface area contributed by atoms with Crippen molar-refractivity contribution >= 4 is 44.1 Å². The Morgan fingerprint density at radius 1 is 1.37 bits per heavy atom. The first-order valence-corrected chi connectivity index (χ1v) is 7.36. The molecular formula is C13H15Br2NO3. The van der Waals surface area contributed by atoms with Gasteiger partial charge in [-0.05, 0) is 49.9 Å². The Hall–Kier alpha value is -0.880. The number of hydrogen-bond donors (Lipinski definition) is 1. The predicted octanol–water partition coefficient (Wildman–Crippen LogP) is 3.18. The summed E-state index contributed by atoms with van der Waals surface area (Å²) in [4.78, 5) is 22.2. The lowest BCUT2D eigenvalue weighted by molar-refractivity contribution is -0.123. The van der Waals surface area contributed by atoms with E-state index in [1.54, 1.807) is 12.1 Å². The second kappa shape index (κ2) is 7.65. The van der Waals surface area contributed by atoms with Gasteiger partial charge in [-0.1, -0.05) is 13.8 Å². The zero-order valence-electron chi connectivity index (χ0n) is 10.7. The molecule has 0 heterocycles. The molecule has 1 N–H and O–H groups in total. The van der Waals surface area contributed by atoms with Crippen molar-refractivity contribution in [2.24, 2.45) is 5.92 Å². The molecule has 0 atom stereocenters. The molecule has 1 amide bonds. The van der Waals surface area contributed by atoms with E-state index < -0.39 is 0 Å². The number of aldehydes is 1. The van der Waals surface area contributed by atoms with Crippen LogP contribution in [0.2, 0.25) is 0 Å². The Morgan fingerprint density at radius 3 is 2.42 bits per heavy atom. The first kappa shape index (κ1) is 16.2. The molecule has 0 aliphatic rings. The van der Waals surface area contributed by atoms with Gasteiger partial charge >= 0.3 is 0 Å². The molecule has 0 fully saturated rings. The Balaban J connectivity index is 2.63. The topological polar surface area (TPSA) is 55.4 Å². The molecule has 0 aliphatic carbocycles. The molecule has 0 unspecified atom stereocenters. The van der Waals surface area contributed by atoms with Crippen LogP contribution in [0.5, 0.6) is 5.75 Å². The fourth-order valence-corrected chi connectivity index (χ4v) is 2.74. The summed E-state index contributed by atoms with van der Waals surface area (Å²) in [6, 6.07) is 3.28. The van der Waals surface area contributed by atoms with E-state index in [1.807, 2.05) is 13.8 Å². The van der Waals surface area contributed by atoms with Crippen molar-refractivity contribution in [1.82, 2.24) is 5.32 Å². The fourth-order valence-electron chi connectivity index (χ4n) is 1.29. The number of carbonyl (C=O) groups excluding carboxylic acids is 2. The van der Waals surface area contributed by atoms with Crippen molar-refractivity contribution in [3.63, 3.8) is 0 Å². The van der Waals surface area contributed by atoms with E-state index in [2.05, 4.69) is 37.2 Å². The van der Waals surface area contributed by atoms with E-state index in [1.165, 1.54) is 0 Å². The van der Waals surface area contributed by atoms with E-state index in [9.17, 15) is 9.59 Å². The summed E-state index contributed by atoms with van der Waals surface area (Å²) < 4.78 is 6.69. The van der Waals surface area contributed by atoms with Gasteiger partial charge in [0.25, 0.3) is 5.91 Å². The summed E-state index contributed by atoms with van der Waals surface area (Å²) in [5.41, 5.74) is 0.523. The van der Waals surface area contributed by atoms with Crippen molar-refractivity contribution in [3.05, 3.63) is 26.6 Å². The largest absolute Gasteiger partial charge is 0.481 e. The lowest BCUT2D eigenvalue weighted by Crippen LogP contribution is -2.31. The van der Waals surface area contributed by atoms with Crippen molar-refractivity contribution in [1.29, 1.82) is 0 Å². The molecule has 4 nitrogen and oxygen atoms in total. The maximum Gasteiger partial charge on any atom is 0.257 e. The van der Waals surface area contributed by atoms with Gasteiger partial charge in [-0.3, -0.25) is 9.59 Å². The molecule has 0 radical (unpaired) electrons. The number of halogens is 2. The highest BCUT2D eigenvalue weighted by Crippen LogP contribution is 2.34. The highest BCUT2D eigenvalue weighted by atomic mass is 79.9. The average Bonchev–Trinajstić information content (AvgIpc) is 2.34. The van der Waals surface area contributed by atoms with Crippen LogP contribution in [0.25, 0.3) is 0 Å². The molecule has 0 saturated heterocycles.